The monoisotopic (exact) mass is 187 g/mol. The standard InChI is InChI=1S/C9H17NO3/c1-7(9(12)13)5-10-4-2-3-8(11)6-10/h7-8,11H,2-6H2,1H3,(H,12,13)/t7?,8-/m0/s1. The zero-order valence-electron chi connectivity index (χ0n) is 7.94. The van der Waals surface area contributed by atoms with Gasteiger partial charge in [0.15, 0.2) is 0 Å². The number of aliphatic carboxylic acids is 1. The van der Waals surface area contributed by atoms with Gasteiger partial charge in [-0.2, -0.15) is 0 Å². The van der Waals surface area contributed by atoms with E-state index in [9.17, 15) is 9.90 Å². The number of carboxylic acid groups (broad SMARTS) is 1. The Hall–Kier alpha value is -0.610. The number of nitrogens with zero attached hydrogens (tertiary/aromatic N) is 1. The summed E-state index contributed by atoms with van der Waals surface area (Å²) in [7, 11) is 0. The predicted octanol–water partition coefficient (Wildman–Crippen LogP) is 0.164. The molecular weight excluding hydrogens is 170 g/mol. The third-order valence-corrected chi connectivity index (χ3v) is 2.43. The summed E-state index contributed by atoms with van der Waals surface area (Å²) in [6, 6.07) is 0. The first-order chi connectivity index (χ1) is 6.09. The van der Waals surface area contributed by atoms with Gasteiger partial charge in [0, 0.05) is 13.1 Å². The molecule has 1 unspecified atom stereocenters. The predicted molar refractivity (Wildman–Crippen MR) is 48.5 cm³/mol. The molecule has 0 bridgehead atoms. The van der Waals surface area contributed by atoms with Crippen LogP contribution in [0.25, 0.3) is 0 Å². The summed E-state index contributed by atoms with van der Waals surface area (Å²) < 4.78 is 0. The van der Waals surface area contributed by atoms with Crippen LogP contribution in [-0.4, -0.2) is 46.8 Å². The number of rotatable bonds is 3. The molecule has 0 saturated carbocycles. The van der Waals surface area contributed by atoms with Crippen LogP contribution >= 0.6 is 0 Å². The van der Waals surface area contributed by atoms with Gasteiger partial charge in [-0.15, -0.1) is 0 Å². The molecule has 4 heteroatoms. The Balaban J connectivity index is 2.31. The van der Waals surface area contributed by atoms with Crippen molar-refractivity contribution in [2.75, 3.05) is 19.6 Å². The maximum atomic E-state index is 10.6. The quantitative estimate of drug-likeness (QED) is 0.661. The normalized spacial score (nSPS) is 27.1. The molecule has 1 aliphatic rings. The summed E-state index contributed by atoms with van der Waals surface area (Å²) in [6.45, 7) is 3.78. The maximum absolute atomic E-state index is 10.6. The molecular formula is C9H17NO3. The van der Waals surface area contributed by atoms with Gasteiger partial charge in [0.2, 0.25) is 0 Å². The molecule has 0 aromatic carbocycles. The zero-order chi connectivity index (χ0) is 9.84. The highest BCUT2D eigenvalue weighted by Gasteiger charge is 2.21. The lowest BCUT2D eigenvalue weighted by Gasteiger charge is -2.30. The number of hydrogen-bond donors (Lipinski definition) is 2. The van der Waals surface area contributed by atoms with Crippen molar-refractivity contribution in [1.82, 2.24) is 4.90 Å². The number of carboxylic acids is 1. The third-order valence-electron chi connectivity index (χ3n) is 2.43. The van der Waals surface area contributed by atoms with Crippen LogP contribution in [-0.2, 0) is 4.79 Å². The highest BCUT2D eigenvalue weighted by Crippen LogP contribution is 2.11. The number of piperidine rings is 1. The van der Waals surface area contributed by atoms with Crippen molar-refractivity contribution in [1.29, 1.82) is 0 Å². The molecule has 0 aliphatic carbocycles. The molecule has 1 fully saturated rings. The number of likely N-dealkylation sites (tertiary alicyclic amines) is 1. The third kappa shape index (κ3) is 3.32. The van der Waals surface area contributed by atoms with Crippen molar-refractivity contribution >= 4 is 5.97 Å². The molecule has 0 aromatic heterocycles. The lowest BCUT2D eigenvalue weighted by atomic mass is 10.1. The fraction of sp³-hybridized carbons (Fsp3) is 0.889. The van der Waals surface area contributed by atoms with Crippen LogP contribution in [0, 0.1) is 5.92 Å². The van der Waals surface area contributed by atoms with Gasteiger partial charge in [0.1, 0.15) is 0 Å². The molecule has 2 atom stereocenters. The van der Waals surface area contributed by atoms with Crippen LogP contribution in [0.4, 0.5) is 0 Å². The van der Waals surface area contributed by atoms with Crippen LogP contribution in [0.3, 0.4) is 0 Å². The molecule has 0 aromatic rings. The maximum Gasteiger partial charge on any atom is 0.307 e. The highest BCUT2D eigenvalue weighted by atomic mass is 16.4. The van der Waals surface area contributed by atoms with E-state index in [1.54, 1.807) is 6.92 Å². The molecule has 1 saturated heterocycles. The van der Waals surface area contributed by atoms with Gasteiger partial charge < -0.3 is 10.2 Å². The molecule has 76 valence electrons. The van der Waals surface area contributed by atoms with Crippen LogP contribution in [0.5, 0.6) is 0 Å². The Morgan fingerprint density at radius 2 is 2.38 bits per heavy atom. The summed E-state index contributed by atoms with van der Waals surface area (Å²) in [5.41, 5.74) is 0. The van der Waals surface area contributed by atoms with Crippen LogP contribution in [0.15, 0.2) is 0 Å². The molecule has 1 rings (SSSR count). The van der Waals surface area contributed by atoms with E-state index in [4.69, 9.17) is 5.11 Å². The second kappa shape index (κ2) is 4.58. The number of aliphatic hydroxyl groups is 1. The van der Waals surface area contributed by atoms with E-state index in [-0.39, 0.29) is 12.0 Å². The van der Waals surface area contributed by atoms with Crippen LogP contribution in [0.2, 0.25) is 0 Å². The molecule has 4 nitrogen and oxygen atoms in total. The van der Waals surface area contributed by atoms with E-state index < -0.39 is 5.97 Å². The molecule has 0 spiro atoms. The minimum Gasteiger partial charge on any atom is -0.481 e. The zero-order valence-corrected chi connectivity index (χ0v) is 7.94. The average molecular weight is 187 g/mol. The molecule has 13 heavy (non-hydrogen) atoms. The van der Waals surface area contributed by atoms with Gasteiger partial charge >= 0.3 is 5.97 Å². The number of β-amino-alcohol motifs (C(OH)–C–C–N with tert-alkyl or cyclic N) is 1. The minimum atomic E-state index is -0.764. The van der Waals surface area contributed by atoms with E-state index in [0.717, 1.165) is 19.4 Å². The van der Waals surface area contributed by atoms with Gasteiger partial charge in [-0.25, -0.2) is 0 Å². The highest BCUT2D eigenvalue weighted by molar-refractivity contribution is 5.69. The van der Waals surface area contributed by atoms with Gasteiger partial charge in [0.05, 0.1) is 12.0 Å². The van der Waals surface area contributed by atoms with E-state index in [0.29, 0.717) is 13.1 Å². The average Bonchev–Trinajstić information content (AvgIpc) is 2.04. The topological polar surface area (TPSA) is 60.8 Å². The Kier molecular flexibility index (Phi) is 3.69. The molecule has 2 N–H and O–H groups in total. The van der Waals surface area contributed by atoms with Crippen molar-refractivity contribution in [3.05, 3.63) is 0 Å². The number of carbonyl (C=O) groups is 1. The van der Waals surface area contributed by atoms with E-state index >= 15 is 0 Å². The van der Waals surface area contributed by atoms with Crippen molar-refractivity contribution in [3.8, 4) is 0 Å². The summed E-state index contributed by atoms with van der Waals surface area (Å²) in [5, 5.41) is 18.0. The van der Waals surface area contributed by atoms with Crippen LogP contribution < -0.4 is 0 Å². The van der Waals surface area contributed by atoms with E-state index in [1.807, 2.05) is 4.90 Å². The largest absolute Gasteiger partial charge is 0.481 e. The summed E-state index contributed by atoms with van der Waals surface area (Å²) in [4.78, 5) is 12.6. The van der Waals surface area contributed by atoms with Crippen molar-refractivity contribution < 1.29 is 15.0 Å². The smallest absolute Gasteiger partial charge is 0.307 e. The van der Waals surface area contributed by atoms with Crippen molar-refractivity contribution in [2.24, 2.45) is 5.92 Å². The SMILES string of the molecule is CC(CN1CCC[C@H](O)C1)C(=O)O. The summed E-state index contributed by atoms with van der Waals surface area (Å²) in [6.07, 6.45) is 1.54. The minimum absolute atomic E-state index is 0.269. The van der Waals surface area contributed by atoms with Crippen molar-refractivity contribution in [3.63, 3.8) is 0 Å². The number of aliphatic hydroxyl groups excluding tert-OH is 1. The van der Waals surface area contributed by atoms with Crippen LogP contribution in [0.1, 0.15) is 19.8 Å². The first-order valence-corrected chi connectivity index (χ1v) is 4.73. The van der Waals surface area contributed by atoms with E-state index in [2.05, 4.69) is 0 Å². The molecule has 1 heterocycles. The summed E-state index contributed by atoms with van der Waals surface area (Å²) in [5.74, 6) is -1.11. The van der Waals surface area contributed by atoms with Gasteiger partial charge in [0.25, 0.3) is 0 Å². The fourth-order valence-corrected chi connectivity index (χ4v) is 1.66. The Bertz CT molecular complexity index is 184. The van der Waals surface area contributed by atoms with Gasteiger partial charge in [-0.1, -0.05) is 6.92 Å². The van der Waals surface area contributed by atoms with Gasteiger partial charge in [-0.3, -0.25) is 9.69 Å². The lowest BCUT2D eigenvalue weighted by Crippen LogP contribution is -2.41. The Labute approximate surface area is 78.2 Å². The first kappa shape index (κ1) is 10.5. The second-order valence-corrected chi connectivity index (χ2v) is 3.79. The van der Waals surface area contributed by atoms with Gasteiger partial charge in [-0.05, 0) is 19.4 Å². The van der Waals surface area contributed by atoms with Crippen molar-refractivity contribution in [2.45, 2.75) is 25.9 Å². The Morgan fingerprint density at radius 1 is 1.69 bits per heavy atom. The second-order valence-electron chi connectivity index (χ2n) is 3.79. The first-order valence-electron chi connectivity index (χ1n) is 4.73. The molecule has 0 amide bonds. The lowest BCUT2D eigenvalue weighted by molar-refractivity contribution is -0.142. The fourth-order valence-electron chi connectivity index (χ4n) is 1.66. The summed E-state index contributed by atoms with van der Waals surface area (Å²) >= 11 is 0. The number of hydrogen-bond acceptors (Lipinski definition) is 3. The Morgan fingerprint density at radius 3 is 2.92 bits per heavy atom. The molecule has 1 aliphatic heterocycles. The molecule has 0 radical (unpaired) electrons. The van der Waals surface area contributed by atoms with E-state index in [1.165, 1.54) is 0 Å².